The Morgan fingerprint density at radius 1 is 1.31 bits per heavy atom. The molecule has 4 heteroatoms. The Morgan fingerprint density at radius 3 is 2.69 bits per heavy atom. The van der Waals surface area contributed by atoms with E-state index in [2.05, 4.69) is 5.32 Å². The Labute approximate surface area is 93.6 Å². The van der Waals surface area contributed by atoms with Crippen molar-refractivity contribution in [1.29, 1.82) is 0 Å². The number of ether oxygens (including phenoxy) is 1. The molecule has 0 aliphatic carbocycles. The fourth-order valence-corrected chi connectivity index (χ4v) is 1.60. The third-order valence-electron chi connectivity index (χ3n) is 2.50. The fraction of sp³-hybridized carbons (Fsp3) is 0.333. The van der Waals surface area contributed by atoms with Gasteiger partial charge < -0.3 is 10.1 Å². The Hall–Kier alpha value is -1.84. The Balaban J connectivity index is 1.91. The van der Waals surface area contributed by atoms with Gasteiger partial charge in [0.1, 0.15) is 6.10 Å². The largest absolute Gasteiger partial charge is 0.457 e. The zero-order chi connectivity index (χ0) is 11.4. The van der Waals surface area contributed by atoms with Gasteiger partial charge in [0, 0.05) is 6.42 Å². The van der Waals surface area contributed by atoms with Gasteiger partial charge in [-0.1, -0.05) is 18.2 Å². The lowest BCUT2D eigenvalue weighted by atomic mass is 10.1. The molecule has 0 radical (unpaired) electrons. The molecule has 1 aliphatic rings. The Bertz CT molecular complexity index is 379. The number of nitrogens with one attached hydrogen (secondary N) is 1. The first-order valence-corrected chi connectivity index (χ1v) is 5.28. The number of benzene rings is 1. The van der Waals surface area contributed by atoms with Gasteiger partial charge in [-0.3, -0.25) is 4.79 Å². The second-order valence-electron chi connectivity index (χ2n) is 3.74. The van der Waals surface area contributed by atoms with Crippen molar-refractivity contribution in [2.24, 2.45) is 0 Å². The summed E-state index contributed by atoms with van der Waals surface area (Å²) in [5.41, 5.74) is 0.541. The van der Waals surface area contributed by atoms with Crippen molar-refractivity contribution in [3.05, 3.63) is 35.9 Å². The third-order valence-corrected chi connectivity index (χ3v) is 2.50. The molecule has 1 aromatic carbocycles. The predicted molar refractivity (Wildman–Crippen MR) is 57.9 cm³/mol. The van der Waals surface area contributed by atoms with E-state index in [1.165, 1.54) is 0 Å². The third kappa shape index (κ3) is 2.59. The first kappa shape index (κ1) is 10.7. The molecule has 1 saturated heterocycles. The second-order valence-corrected chi connectivity index (χ2v) is 3.74. The fourth-order valence-electron chi connectivity index (χ4n) is 1.60. The van der Waals surface area contributed by atoms with Crippen LogP contribution in [0.3, 0.4) is 0 Å². The maximum Gasteiger partial charge on any atom is 0.338 e. The van der Waals surface area contributed by atoms with E-state index < -0.39 is 0 Å². The summed E-state index contributed by atoms with van der Waals surface area (Å²) in [7, 11) is 0. The van der Waals surface area contributed by atoms with Crippen LogP contribution < -0.4 is 5.32 Å². The van der Waals surface area contributed by atoms with Gasteiger partial charge in [-0.15, -0.1) is 0 Å². The van der Waals surface area contributed by atoms with Crippen LogP contribution in [0.4, 0.5) is 0 Å². The van der Waals surface area contributed by atoms with Gasteiger partial charge in [0.25, 0.3) is 0 Å². The van der Waals surface area contributed by atoms with Crippen LogP contribution in [0.25, 0.3) is 0 Å². The number of piperidine rings is 1. The van der Waals surface area contributed by atoms with Gasteiger partial charge in [0.05, 0.1) is 12.1 Å². The molecular weight excluding hydrogens is 206 g/mol. The molecular formula is C12H13NO3. The van der Waals surface area contributed by atoms with E-state index in [0.29, 0.717) is 24.9 Å². The maximum absolute atomic E-state index is 11.7. The number of esters is 1. The highest BCUT2D eigenvalue weighted by atomic mass is 16.5. The van der Waals surface area contributed by atoms with E-state index >= 15 is 0 Å². The molecule has 0 saturated carbocycles. The van der Waals surface area contributed by atoms with E-state index in [0.717, 1.165) is 0 Å². The molecule has 1 N–H and O–H groups in total. The minimum absolute atomic E-state index is 0.0204. The van der Waals surface area contributed by atoms with Gasteiger partial charge in [-0.05, 0) is 18.6 Å². The first-order chi connectivity index (χ1) is 7.75. The van der Waals surface area contributed by atoms with Gasteiger partial charge >= 0.3 is 5.97 Å². The molecule has 1 fully saturated rings. The molecule has 2 rings (SSSR count). The van der Waals surface area contributed by atoms with Crippen molar-refractivity contribution in [3.8, 4) is 0 Å². The number of rotatable bonds is 2. The molecule has 84 valence electrons. The quantitative estimate of drug-likeness (QED) is 0.758. The number of carbonyl (C=O) groups is 2. The highest BCUT2D eigenvalue weighted by Gasteiger charge is 2.21. The second kappa shape index (κ2) is 4.79. The normalized spacial score (nSPS) is 20.0. The highest BCUT2D eigenvalue weighted by molar-refractivity contribution is 5.89. The molecule has 4 nitrogen and oxygen atoms in total. The molecule has 0 spiro atoms. The van der Waals surface area contributed by atoms with Crippen molar-refractivity contribution >= 4 is 11.9 Å². The summed E-state index contributed by atoms with van der Waals surface area (Å²) in [4.78, 5) is 22.6. The predicted octanol–water partition coefficient (Wildman–Crippen LogP) is 1.12. The molecule has 0 aromatic heterocycles. The number of hydrogen-bond acceptors (Lipinski definition) is 3. The molecule has 1 atom stereocenters. The Kier molecular flexibility index (Phi) is 3.19. The van der Waals surface area contributed by atoms with Crippen LogP contribution in [0.1, 0.15) is 23.2 Å². The molecule has 1 heterocycles. The topological polar surface area (TPSA) is 55.4 Å². The van der Waals surface area contributed by atoms with Crippen LogP contribution in [-0.2, 0) is 9.53 Å². The summed E-state index contributed by atoms with van der Waals surface area (Å²) in [6.45, 7) is 0.414. The van der Waals surface area contributed by atoms with Gasteiger partial charge in [-0.2, -0.15) is 0 Å². The van der Waals surface area contributed by atoms with Crippen LogP contribution >= 0.6 is 0 Å². The van der Waals surface area contributed by atoms with E-state index in [-0.39, 0.29) is 18.0 Å². The van der Waals surface area contributed by atoms with Crippen LogP contribution in [0.15, 0.2) is 30.3 Å². The van der Waals surface area contributed by atoms with Crippen molar-refractivity contribution in [1.82, 2.24) is 5.32 Å². The van der Waals surface area contributed by atoms with E-state index in [4.69, 9.17) is 4.74 Å². The standard InChI is InChI=1S/C12H13NO3/c14-11-7-6-10(8-13-11)16-12(15)9-4-2-1-3-5-9/h1-5,10H,6-8H2,(H,13,14). The van der Waals surface area contributed by atoms with Crippen molar-refractivity contribution in [3.63, 3.8) is 0 Å². The first-order valence-electron chi connectivity index (χ1n) is 5.28. The minimum Gasteiger partial charge on any atom is -0.457 e. The zero-order valence-electron chi connectivity index (χ0n) is 8.81. The monoisotopic (exact) mass is 219 g/mol. The average molecular weight is 219 g/mol. The van der Waals surface area contributed by atoms with Crippen molar-refractivity contribution in [2.45, 2.75) is 18.9 Å². The molecule has 1 aliphatic heterocycles. The summed E-state index contributed by atoms with van der Waals surface area (Å²) >= 11 is 0. The van der Waals surface area contributed by atoms with Gasteiger partial charge in [0.15, 0.2) is 0 Å². The van der Waals surface area contributed by atoms with Crippen LogP contribution in [0.2, 0.25) is 0 Å². The molecule has 1 amide bonds. The molecule has 1 aromatic rings. The summed E-state index contributed by atoms with van der Waals surface area (Å²) in [6.07, 6.45) is 0.822. The van der Waals surface area contributed by atoms with E-state index in [1.54, 1.807) is 24.3 Å². The molecule has 0 bridgehead atoms. The number of carbonyl (C=O) groups excluding carboxylic acids is 2. The van der Waals surface area contributed by atoms with Crippen molar-refractivity contribution in [2.75, 3.05) is 6.54 Å². The number of amides is 1. The maximum atomic E-state index is 11.7. The summed E-state index contributed by atoms with van der Waals surface area (Å²) in [5, 5.41) is 2.67. The van der Waals surface area contributed by atoms with Crippen molar-refractivity contribution < 1.29 is 14.3 Å². The summed E-state index contributed by atoms with van der Waals surface area (Å²) in [6, 6.07) is 8.85. The highest BCUT2D eigenvalue weighted by Crippen LogP contribution is 2.10. The van der Waals surface area contributed by atoms with Gasteiger partial charge in [0.2, 0.25) is 5.91 Å². The van der Waals surface area contributed by atoms with Crippen LogP contribution in [0.5, 0.6) is 0 Å². The number of hydrogen-bond donors (Lipinski definition) is 1. The lowest BCUT2D eigenvalue weighted by Crippen LogP contribution is -2.40. The van der Waals surface area contributed by atoms with E-state index in [9.17, 15) is 9.59 Å². The summed E-state index contributed by atoms with van der Waals surface area (Å²) < 4.78 is 5.27. The zero-order valence-corrected chi connectivity index (χ0v) is 8.81. The van der Waals surface area contributed by atoms with Gasteiger partial charge in [-0.25, -0.2) is 4.79 Å². The van der Waals surface area contributed by atoms with E-state index in [1.807, 2.05) is 6.07 Å². The lowest BCUT2D eigenvalue weighted by Gasteiger charge is -2.22. The summed E-state index contributed by atoms with van der Waals surface area (Å²) in [5.74, 6) is -0.311. The molecule has 1 unspecified atom stereocenters. The smallest absolute Gasteiger partial charge is 0.338 e. The van der Waals surface area contributed by atoms with Crippen LogP contribution in [0, 0.1) is 0 Å². The molecule has 16 heavy (non-hydrogen) atoms. The average Bonchev–Trinajstić information content (AvgIpc) is 2.33. The Morgan fingerprint density at radius 2 is 2.06 bits per heavy atom. The lowest BCUT2D eigenvalue weighted by molar-refractivity contribution is -0.124. The minimum atomic E-state index is -0.332. The van der Waals surface area contributed by atoms with Crippen LogP contribution in [-0.4, -0.2) is 24.5 Å². The SMILES string of the molecule is O=C1CCC(OC(=O)c2ccccc2)CN1.